The molecule has 0 rings (SSSR count). The van der Waals surface area contributed by atoms with E-state index in [-0.39, 0.29) is 18.9 Å². The quantitative estimate of drug-likeness (QED) is 0.216. The van der Waals surface area contributed by atoms with Gasteiger partial charge < -0.3 is 9.47 Å². The highest BCUT2D eigenvalue weighted by molar-refractivity contribution is 5.79. The fourth-order valence-electron chi connectivity index (χ4n) is 0.687. The molecule has 0 aliphatic heterocycles. The van der Waals surface area contributed by atoms with E-state index in [1.807, 2.05) is 0 Å². The molecule has 6 nitrogen and oxygen atoms in total. The summed E-state index contributed by atoms with van der Waals surface area (Å²) in [5, 5.41) is 8.16. The largest absolute Gasteiger partial charge is 0.461 e. The van der Waals surface area contributed by atoms with Crippen molar-refractivity contribution in [1.29, 1.82) is 5.26 Å². The molecular weight excluding hydrogens is 212 g/mol. The van der Waals surface area contributed by atoms with Gasteiger partial charge in [-0.15, -0.1) is 0 Å². The third-order valence-corrected chi connectivity index (χ3v) is 1.37. The van der Waals surface area contributed by atoms with E-state index in [9.17, 15) is 9.59 Å². The average molecular weight is 224 g/mol. The minimum absolute atomic E-state index is 0.101. The molecule has 0 N–H and O–H groups in total. The van der Waals surface area contributed by atoms with E-state index in [1.54, 1.807) is 25.1 Å². The second kappa shape index (κ2) is 9.40. The van der Waals surface area contributed by atoms with Crippen molar-refractivity contribution < 1.29 is 19.1 Å². The summed E-state index contributed by atoms with van der Waals surface area (Å²) in [6, 6.07) is 1.68. The van der Waals surface area contributed by atoms with Crippen molar-refractivity contribution >= 4 is 18.3 Å². The molecule has 0 aromatic carbocycles. The highest BCUT2D eigenvalue weighted by atomic mass is 16.5. The predicted octanol–water partition coefficient (Wildman–Crippen LogP) is 0.591. The molecule has 0 aliphatic carbocycles. The summed E-state index contributed by atoms with van der Waals surface area (Å²) in [7, 11) is 0. The summed E-state index contributed by atoms with van der Waals surface area (Å²) in [6.07, 6.45) is 2.99. The van der Waals surface area contributed by atoms with Gasteiger partial charge in [-0.1, -0.05) is 6.08 Å². The number of nitrogens with zero attached hydrogens (tertiary/aromatic N) is 2. The number of rotatable bonds is 6. The molecule has 16 heavy (non-hydrogen) atoms. The highest BCUT2D eigenvalue weighted by Crippen LogP contribution is 1.86. The molecule has 0 aliphatic rings. The van der Waals surface area contributed by atoms with Crippen molar-refractivity contribution in [3.63, 3.8) is 0 Å². The van der Waals surface area contributed by atoms with E-state index in [0.29, 0.717) is 13.0 Å². The SMILES string of the molecule is CC(=NCC=CCOC(=O)CC#N)OC=O. The molecule has 0 atom stereocenters. The van der Waals surface area contributed by atoms with Gasteiger partial charge in [0.1, 0.15) is 13.0 Å². The first-order valence-electron chi connectivity index (χ1n) is 4.49. The lowest BCUT2D eigenvalue weighted by Crippen LogP contribution is -2.02. The molecule has 0 saturated carbocycles. The molecule has 0 heterocycles. The number of hydrogen-bond donors (Lipinski definition) is 0. The Labute approximate surface area is 93.2 Å². The van der Waals surface area contributed by atoms with Crippen LogP contribution in [0.5, 0.6) is 0 Å². The third kappa shape index (κ3) is 8.44. The Kier molecular flexibility index (Phi) is 8.13. The van der Waals surface area contributed by atoms with Gasteiger partial charge in [0.2, 0.25) is 0 Å². The van der Waals surface area contributed by atoms with Crippen LogP contribution in [0.3, 0.4) is 0 Å². The standard InChI is InChI=1S/C10H12N2O4/c1-9(16-8-13)12-6-2-3-7-15-10(14)4-5-11/h2-3,8H,4,6-7H2,1H3. The minimum atomic E-state index is -0.559. The van der Waals surface area contributed by atoms with Crippen LogP contribution in [0.15, 0.2) is 17.1 Å². The van der Waals surface area contributed by atoms with Gasteiger partial charge in [-0.3, -0.25) is 14.6 Å². The summed E-state index contributed by atoms with van der Waals surface area (Å²) >= 11 is 0. The van der Waals surface area contributed by atoms with Crippen molar-refractivity contribution in [3.05, 3.63) is 12.2 Å². The number of nitriles is 1. The van der Waals surface area contributed by atoms with E-state index < -0.39 is 5.97 Å². The van der Waals surface area contributed by atoms with Gasteiger partial charge in [-0.2, -0.15) is 5.26 Å². The first-order valence-corrected chi connectivity index (χ1v) is 4.49. The van der Waals surface area contributed by atoms with Crippen LogP contribution in [0.25, 0.3) is 0 Å². The van der Waals surface area contributed by atoms with Crippen molar-refractivity contribution in [3.8, 4) is 6.07 Å². The Balaban J connectivity index is 3.63. The van der Waals surface area contributed by atoms with Crippen LogP contribution in [-0.4, -0.2) is 31.5 Å². The normalized spacial score (nSPS) is 10.9. The molecule has 6 heteroatoms. The topological polar surface area (TPSA) is 88.8 Å². The van der Waals surface area contributed by atoms with E-state index >= 15 is 0 Å². The Morgan fingerprint density at radius 1 is 1.50 bits per heavy atom. The molecule has 0 unspecified atom stereocenters. The van der Waals surface area contributed by atoms with Crippen molar-refractivity contribution in [2.45, 2.75) is 13.3 Å². The number of hydrogen-bond acceptors (Lipinski definition) is 6. The maximum absolute atomic E-state index is 10.7. The molecule has 0 fully saturated rings. The Bertz CT molecular complexity index is 328. The number of aliphatic imine (C=N–C) groups is 1. The van der Waals surface area contributed by atoms with Crippen LogP contribution < -0.4 is 0 Å². The zero-order chi connectivity index (χ0) is 12.2. The summed E-state index contributed by atoms with van der Waals surface area (Å²) in [5.41, 5.74) is 0. The lowest BCUT2D eigenvalue weighted by atomic mass is 10.5. The van der Waals surface area contributed by atoms with Gasteiger partial charge in [-0.25, -0.2) is 0 Å². The van der Waals surface area contributed by atoms with Crippen LogP contribution in [0, 0.1) is 11.3 Å². The highest BCUT2D eigenvalue weighted by Gasteiger charge is 1.97. The van der Waals surface area contributed by atoms with Gasteiger partial charge in [0, 0.05) is 6.92 Å². The molecule has 0 aromatic heterocycles. The smallest absolute Gasteiger partial charge is 0.320 e. The van der Waals surface area contributed by atoms with Gasteiger partial charge >= 0.3 is 5.97 Å². The average Bonchev–Trinajstić information content (AvgIpc) is 2.24. The molecule has 86 valence electrons. The molecule has 0 spiro atoms. The van der Waals surface area contributed by atoms with Gasteiger partial charge in [0.15, 0.2) is 5.90 Å². The molecular formula is C10H12N2O4. The number of esters is 1. The van der Waals surface area contributed by atoms with Crippen LogP contribution >= 0.6 is 0 Å². The fourth-order valence-corrected chi connectivity index (χ4v) is 0.687. The summed E-state index contributed by atoms with van der Waals surface area (Å²) in [4.78, 5) is 24.4. The second-order valence-corrected chi connectivity index (χ2v) is 2.56. The predicted molar refractivity (Wildman–Crippen MR) is 55.5 cm³/mol. The van der Waals surface area contributed by atoms with Crippen LogP contribution in [0.2, 0.25) is 0 Å². The number of ether oxygens (including phenoxy) is 2. The van der Waals surface area contributed by atoms with Crippen LogP contribution in [0.4, 0.5) is 0 Å². The first kappa shape index (κ1) is 13.8. The Morgan fingerprint density at radius 3 is 2.88 bits per heavy atom. The summed E-state index contributed by atoms with van der Waals surface area (Å²) in [5.74, 6) is -0.294. The van der Waals surface area contributed by atoms with Crippen molar-refractivity contribution in [2.24, 2.45) is 4.99 Å². The van der Waals surface area contributed by atoms with E-state index in [4.69, 9.17) is 5.26 Å². The molecule has 0 bridgehead atoms. The van der Waals surface area contributed by atoms with E-state index in [0.717, 1.165) is 0 Å². The second-order valence-electron chi connectivity index (χ2n) is 2.56. The van der Waals surface area contributed by atoms with Crippen molar-refractivity contribution in [1.82, 2.24) is 0 Å². The number of carbonyl (C=O) groups excluding carboxylic acids is 2. The fraction of sp³-hybridized carbons (Fsp3) is 0.400. The maximum atomic E-state index is 10.7. The zero-order valence-electron chi connectivity index (χ0n) is 8.88. The molecule has 0 amide bonds. The van der Waals surface area contributed by atoms with Gasteiger partial charge in [0.25, 0.3) is 6.47 Å². The van der Waals surface area contributed by atoms with E-state index in [2.05, 4.69) is 14.5 Å². The first-order chi connectivity index (χ1) is 7.70. The van der Waals surface area contributed by atoms with Crippen LogP contribution in [-0.2, 0) is 19.1 Å². The number of carbonyl (C=O) groups is 2. The minimum Gasteiger partial charge on any atom is -0.461 e. The summed E-state index contributed by atoms with van der Waals surface area (Å²) in [6.45, 7) is 2.28. The lowest BCUT2D eigenvalue weighted by molar-refractivity contribution is -0.141. The monoisotopic (exact) mass is 224 g/mol. The van der Waals surface area contributed by atoms with Crippen LogP contribution in [0.1, 0.15) is 13.3 Å². The zero-order valence-corrected chi connectivity index (χ0v) is 8.88. The Hall–Kier alpha value is -2.16. The molecule has 0 saturated heterocycles. The molecule has 0 aromatic rings. The summed E-state index contributed by atoms with van der Waals surface area (Å²) < 4.78 is 9.09. The van der Waals surface area contributed by atoms with Gasteiger partial charge in [0.05, 0.1) is 12.6 Å². The maximum Gasteiger partial charge on any atom is 0.320 e. The van der Waals surface area contributed by atoms with Crippen molar-refractivity contribution in [2.75, 3.05) is 13.2 Å². The van der Waals surface area contributed by atoms with E-state index in [1.165, 1.54) is 0 Å². The van der Waals surface area contributed by atoms with Gasteiger partial charge in [-0.05, 0) is 6.08 Å². The Morgan fingerprint density at radius 2 is 2.25 bits per heavy atom. The lowest BCUT2D eigenvalue weighted by Gasteiger charge is -1.96. The third-order valence-electron chi connectivity index (χ3n) is 1.37. The molecule has 0 radical (unpaired) electrons.